The average molecular weight is 146 g/mol. The number of carbonyl (C=O) groups excluding carboxylic acids is 1. The van der Waals surface area contributed by atoms with Gasteiger partial charge in [0.2, 0.25) is 0 Å². The van der Waals surface area contributed by atoms with E-state index >= 15 is 0 Å². The van der Waals surface area contributed by atoms with E-state index in [9.17, 15) is 9.90 Å². The first-order valence-corrected chi connectivity index (χ1v) is 2.88. The van der Waals surface area contributed by atoms with Crippen LogP contribution in [0.15, 0.2) is 18.3 Å². The zero-order chi connectivity index (χ0) is 8.27. The molecule has 0 aliphatic rings. The molecule has 0 aliphatic heterocycles. The topological polar surface area (TPSA) is 53.0 Å². The summed E-state index contributed by atoms with van der Waals surface area (Å²) in [5.74, 6) is 0.845. The second kappa shape index (κ2) is 2.84. The second-order valence-corrected chi connectivity index (χ2v) is 1.83. The molecule has 1 aromatic rings. The molecule has 0 spiro atoms. The number of hydrogen-bond acceptors (Lipinski definition) is 3. The Hall–Kier alpha value is -1.82. The Morgan fingerprint density at radius 2 is 2.45 bits per heavy atom. The monoisotopic (exact) mass is 146 g/mol. The summed E-state index contributed by atoms with van der Waals surface area (Å²) in [5, 5.41) is 10.3. The van der Waals surface area contributed by atoms with Crippen LogP contribution in [-0.4, -0.2) is 11.0 Å². The summed E-state index contributed by atoms with van der Waals surface area (Å²) < 4.78 is 0. The van der Waals surface area contributed by atoms with Crippen molar-refractivity contribution in [3.8, 4) is 12.3 Å². The maximum Gasteiger partial charge on any atom is 0.121 e. The van der Waals surface area contributed by atoms with Gasteiger partial charge in [0.05, 0.1) is 5.97 Å². The first kappa shape index (κ1) is 7.29. The number of terminal acetylenes is 1. The van der Waals surface area contributed by atoms with E-state index < -0.39 is 5.97 Å². The minimum atomic E-state index is -1.30. The van der Waals surface area contributed by atoms with Crippen molar-refractivity contribution in [2.24, 2.45) is 0 Å². The Balaban J connectivity index is 3.26. The van der Waals surface area contributed by atoms with E-state index in [-0.39, 0.29) is 11.3 Å². The average Bonchev–Trinajstić information content (AvgIpc) is 2.04. The van der Waals surface area contributed by atoms with E-state index in [0.717, 1.165) is 0 Å². The molecule has 1 heterocycles. The van der Waals surface area contributed by atoms with Gasteiger partial charge in [-0.05, 0) is 18.1 Å². The van der Waals surface area contributed by atoms with Gasteiger partial charge in [-0.1, -0.05) is 0 Å². The minimum absolute atomic E-state index is 0.0463. The lowest BCUT2D eigenvalue weighted by Crippen LogP contribution is -2.23. The SMILES string of the molecule is C#Cc1ncccc1C(=O)[O-]. The number of carbonyl (C=O) groups is 1. The van der Waals surface area contributed by atoms with Gasteiger partial charge in [0.1, 0.15) is 5.69 Å². The number of nitrogens with zero attached hydrogens (tertiary/aromatic N) is 1. The van der Waals surface area contributed by atoms with Gasteiger partial charge in [-0.2, -0.15) is 0 Å². The highest BCUT2D eigenvalue weighted by molar-refractivity contribution is 5.88. The highest BCUT2D eigenvalue weighted by Crippen LogP contribution is 2.00. The Morgan fingerprint density at radius 3 is 2.91 bits per heavy atom. The van der Waals surface area contributed by atoms with Gasteiger partial charge in [0, 0.05) is 11.8 Å². The summed E-state index contributed by atoms with van der Waals surface area (Å²) in [4.78, 5) is 14.0. The van der Waals surface area contributed by atoms with E-state index in [1.807, 2.05) is 0 Å². The summed E-state index contributed by atoms with van der Waals surface area (Å²) in [6.45, 7) is 0. The third-order valence-electron chi connectivity index (χ3n) is 1.16. The zero-order valence-corrected chi connectivity index (χ0v) is 5.57. The molecule has 11 heavy (non-hydrogen) atoms. The number of carboxylic acids is 1. The zero-order valence-electron chi connectivity index (χ0n) is 5.57. The third-order valence-corrected chi connectivity index (χ3v) is 1.16. The van der Waals surface area contributed by atoms with Crippen LogP contribution in [0.5, 0.6) is 0 Å². The first-order chi connectivity index (χ1) is 5.25. The van der Waals surface area contributed by atoms with Crippen LogP contribution in [0, 0.1) is 12.3 Å². The summed E-state index contributed by atoms with van der Waals surface area (Å²) in [6, 6.07) is 2.85. The molecule has 0 aliphatic carbocycles. The molecule has 0 radical (unpaired) electrons. The maximum atomic E-state index is 10.3. The van der Waals surface area contributed by atoms with E-state index in [2.05, 4.69) is 10.9 Å². The Morgan fingerprint density at radius 1 is 1.73 bits per heavy atom. The molecule has 0 atom stereocenters. The molecule has 54 valence electrons. The summed E-state index contributed by atoms with van der Waals surface area (Å²) in [7, 11) is 0. The second-order valence-electron chi connectivity index (χ2n) is 1.83. The van der Waals surface area contributed by atoms with Gasteiger partial charge in [-0.3, -0.25) is 0 Å². The Bertz CT molecular complexity index is 325. The van der Waals surface area contributed by atoms with Crippen LogP contribution in [0.4, 0.5) is 0 Å². The van der Waals surface area contributed by atoms with Crippen molar-refractivity contribution >= 4 is 5.97 Å². The maximum absolute atomic E-state index is 10.3. The van der Waals surface area contributed by atoms with Gasteiger partial charge in [0.15, 0.2) is 0 Å². The fourth-order valence-corrected chi connectivity index (χ4v) is 0.685. The van der Waals surface area contributed by atoms with Crippen LogP contribution in [0.2, 0.25) is 0 Å². The van der Waals surface area contributed by atoms with E-state index in [1.54, 1.807) is 0 Å². The lowest BCUT2D eigenvalue weighted by atomic mass is 10.2. The van der Waals surface area contributed by atoms with E-state index in [1.165, 1.54) is 18.3 Å². The van der Waals surface area contributed by atoms with Crippen LogP contribution in [-0.2, 0) is 0 Å². The number of carboxylic acid groups (broad SMARTS) is 1. The normalized spacial score (nSPS) is 8.64. The van der Waals surface area contributed by atoms with Crippen molar-refractivity contribution in [1.29, 1.82) is 0 Å². The van der Waals surface area contributed by atoms with Gasteiger partial charge >= 0.3 is 0 Å². The molecular weight excluding hydrogens is 142 g/mol. The number of pyridine rings is 1. The molecule has 1 aromatic heterocycles. The van der Waals surface area contributed by atoms with Gasteiger partial charge in [-0.15, -0.1) is 6.42 Å². The molecule has 0 bridgehead atoms. The minimum Gasteiger partial charge on any atom is -0.545 e. The number of rotatable bonds is 1. The Kier molecular flexibility index (Phi) is 1.88. The van der Waals surface area contributed by atoms with Crippen molar-refractivity contribution in [3.05, 3.63) is 29.6 Å². The molecule has 0 amide bonds. The van der Waals surface area contributed by atoms with Crippen LogP contribution < -0.4 is 5.11 Å². The highest BCUT2D eigenvalue weighted by Gasteiger charge is 1.98. The summed E-state index contributed by atoms with van der Waals surface area (Å²) >= 11 is 0. The smallest absolute Gasteiger partial charge is 0.121 e. The molecule has 3 heteroatoms. The lowest BCUT2D eigenvalue weighted by molar-refractivity contribution is -0.255. The Labute approximate surface area is 63.7 Å². The van der Waals surface area contributed by atoms with Crippen molar-refractivity contribution < 1.29 is 9.90 Å². The molecule has 0 unspecified atom stereocenters. The standard InChI is InChI=1S/C8H5NO2/c1-2-7-6(8(10)11)4-3-5-9-7/h1,3-5H,(H,10,11)/p-1. The fraction of sp³-hybridized carbons (Fsp3) is 0. The van der Waals surface area contributed by atoms with Crippen molar-refractivity contribution in [2.45, 2.75) is 0 Å². The molecule has 0 saturated carbocycles. The van der Waals surface area contributed by atoms with Gasteiger partial charge in [0.25, 0.3) is 0 Å². The molecule has 0 aromatic carbocycles. The van der Waals surface area contributed by atoms with Crippen molar-refractivity contribution in [2.75, 3.05) is 0 Å². The summed E-state index contributed by atoms with van der Waals surface area (Å²) in [6.07, 6.45) is 6.42. The lowest BCUT2D eigenvalue weighted by Gasteiger charge is -2.02. The third kappa shape index (κ3) is 1.36. The quantitative estimate of drug-likeness (QED) is 0.498. The predicted octanol–water partition coefficient (Wildman–Crippen LogP) is -0.574. The van der Waals surface area contributed by atoms with Crippen LogP contribution in [0.25, 0.3) is 0 Å². The molecule has 0 saturated heterocycles. The van der Waals surface area contributed by atoms with Gasteiger partial charge < -0.3 is 9.90 Å². The predicted molar refractivity (Wildman–Crippen MR) is 36.5 cm³/mol. The highest BCUT2D eigenvalue weighted by atomic mass is 16.4. The van der Waals surface area contributed by atoms with E-state index in [0.29, 0.717) is 0 Å². The van der Waals surface area contributed by atoms with E-state index in [4.69, 9.17) is 6.42 Å². The molecule has 0 fully saturated rings. The molecule has 3 nitrogen and oxygen atoms in total. The number of aromatic nitrogens is 1. The van der Waals surface area contributed by atoms with Crippen molar-refractivity contribution in [3.63, 3.8) is 0 Å². The van der Waals surface area contributed by atoms with Crippen LogP contribution in [0.3, 0.4) is 0 Å². The molecule has 0 N–H and O–H groups in total. The summed E-state index contributed by atoms with van der Waals surface area (Å²) in [5.41, 5.74) is 0.0579. The van der Waals surface area contributed by atoms with Crippen LogP contribution >= 0.6 is 0 Å². The number of aromatic carboxylic acids is 1. The molecule has 1 rings (SSSR count). The van der Waals surface area contributed by atoms with Crippen LogP contribution in [0.1, 0.15) is 16.1 Å². The molecular formula is C8H4NO2-. The first-order valence-electron chi connectivity index (χ1n) is 2.88. The van der Waals surface area contributed by atoms with Crippen molar-refractivity contribution in [1.82, 2.24) is 4.98 Å². The fourth-order valence-electron chi connectivity index (χ4n) is 0.685. The van der Waals surface area contributed by atoms with Gasteiger partial charge in [-0.25, -0.2) is 4.98 Å². The largest absolute Gasteiger partial charge is 0.545 e. The number of hydrogen-bond donors (Lipinski definition) is 0.